The molecule has 1 aliphatic carbocycles. The second-order valence-corrected chi connectivity index (χ2v) is 3.59. The Balaban J connectivity index is 0.000000606. The largest absolute Gasteiger partial charge is 0.0779 e. The molecule has 0 amide bonds. The summed E-state index contributed by atoms with van der Waals surface area (Å²) in [7, 11) is 0. The molecule has 1 aromatic rings. The van der Waals surface area contributed by atoms with E-state index >= 15 is 0 Å². The molecule has 0 nitrogen and oxygen atoms in total. The Labute approximate surface area is 99.0 Å². The molecule has 0 fully saturated rings. The maximum absolute atomic E-state index is 2.22. The van der Waals surface area contributed by atoms with Gasteiger partial charge in [-0.2, -0.15) is 0 Å². The van der Waals surface area contributed by atoms with Crippen LogP contribution in [0.25, 0.3) is 5.57 Å². The molecule has 16 heavy (non-hydrogen) atoms. The number of allylic oxidation sites excluding steroid dienone is 6. The number of hydrogen-bond acceptors (Lipinski definition) is 0. The Hall–Kier alpha value is -1.56. The van der Waals surface area contributed by atoms with Crippen LogP contribution >= 0.6 is 0 Å². The Morgan fingerprint density at radius 1 is 0.938 bits per heavy atom. The molecular formula is C16H20. The minimum Gasteiger partial charge on any atom is -0.0779 e. The molecule has 1 atom stereocenters. The molecule has 0 radical (unpaired) electrons. The number of rotatable bonds is 1. The molecule has 1 unspecified atom stereocenters. The summed E-state index contributed by atoms with van der Waals surface area (Å²) in [4.78, 5) is 0. The SMILES string of the molecule is CC.CC1C=CC=C(c2ccccc2)C=C1. The Bertz CT molecular complexity index is 380. The highest BCUT2D eigenvalue weighted by atomic mass is 14.0. The van der Waals surface area contributed by atoms with Gasteiger partial charge in [-0.05, 0) is 17.1 Å². The summed E-state index contributed by atoms with van der Waals surface area (Å²) in [5.74, 6) is 0.535. The second kappa shape index (κ2) is 6.84. The highest BCUT2D eigenvalue weighted by molar-refractivity contribution is 5.75. The van der Waals surface area contributed by atoms with E-state index < -0.39 is 0 Å². The zero-order chi connectivity index (χ0) is 11.8. The third-order valence-corrected chi connectivity index (χ3v) is 2.38. The first-order chi connectivity index (χ1) is 7.86. The molecule has 0 aromatic heterocycles. The van der Waals surface area contributed by atoms with Crippen LogP contribution in [0.15, 0.2) is 60.7 Å². The van der Waals surface area contributed by atoms with Gasteiger partial charge in [-0.25, -0.2) is 0 Å². The van der Waals surface area contributed by atoms with Crippen molar-refractivity contribution >= 4 is 5.57 Å². The van der Waals surface area contributed by atoms with Gasteiger partial charge in [-0.3, -0.25) is 0 Å². The van der Waals surface area contributed by atoms with Crippen molar-refractivity contribution in [2.24, 2.45) is 5.92 Å². The molecule has 0 spiro atoms. The lowest BCUT2D eigenvalue weighted by atomic mass is 10.1. The quantitative estimate of drug-likeness (QED) is 0.623. The van der Waals surface area contributed by atoms with Crippen molar-refractivity contribution in [3.63, 3.8) is 0 Å². The van der Waals surface area contributed by atoms with Crippen LogP contribution in [0.5, 0.6) is 0 Å². The van der Waals surface area contributed by atoms with E-state index in [9.17, 15) is 0 Å². The van der Waals surface area contributed by atoms with Gasteiger partial charge in [0.2, 0.25) is 0 Å². The van der Waals surface area contributed by atoms with E-state index in [4.69, 9.17) is 0 Å². The van der Waals surface area contributed by atoms with Crippen LogP contribution in [0.2, 0.25) is 0 Å². The third kappa shape index (κ3) is 3.54. The first-order valence-corrected chi connectivity index (χ1v) is 5.98. The van der Waals surface area contributed by atoms with Gasteiger partial charge in [0.25, 0.3) is 0 Å². The summed E-state index contributed by atoms with van der Waals surface area (Å²) in [6.07, 6.45) is 10.9. The molecule has 0 saturated heterocycles. The van der Waals surface area contributed by atoms with Crippen molar-refractivity contribution in [3.8, 4) is 0 Å². The van der Waals surface area contributed by atoms with Gasteiger partial charge in [-0.1, -0.05) is 81.5 Å². The molecule has 0 saturated carbocycles. The minimum absolute atomic E-state index is 0.535. The predicted octanol–water partition coefficient (Wildman–Crippen LogP) is 4.86. The van der Waals surface area contributed by atoms with E-state index in [1.54, 1.807) is 0 Å². The summed E-state index contributed by atoms with van der Waals surface area (Å²) in [5.41, 5.74) is 2.56. The van der Waals surface area contributed by atoms with Crippen LogP contribution in [-0.4, -0.2) is 0 Å². The Morgan fingerprint density at radius 3 is 2.31 bits per heavy atom. The summed E-state index contributed by atoms with van der Waals surface area (Å²) < 4.78 is 0. The summed E-state index contributed by atoms with van der Waals surface area (Å²) >= 11 is 0. The number of benzene rings is 1. The van der Waals surface area contributed by atoms with Gasteiger partial charge in [0.15, 0.2) is 0 Å². The molecule has 2 rings (SSSR count). The highest BCUT2D eigenvalue weighted by Crippen LogP contribution is 2.19. The third-order valence-electron chi connectivity index (χ3n) is 2.38. The topological polar surface area (TPSA) is 0 Å². The normalized spacial score (nSPS) is 18.2. The first kappa shape index (κ1) is 12.5. The summed E-state index contributed by atoms with van der Waals surface area (Å²) in [6, 6.07) is 10.5. The van der Waals surface area contributed by atoms with Crippen molar-refractivity contribution < 1.29 is 0 Å². The first-order valence-electron chi connectivity index (χ1n) is 5.98. The van der Waals surface area contributed by atoms with E-state index in [0.29, 0.717) is 5.92 Å². The van der Waals surface area contributed by atoms with Gasteiger partial charge >= 0.3 is 0 Å². The average Bonchev–Trinajstić information content (AvgIpc) is 2.58. The fourth-order valence-electron chi connectivity index (χ4n) is 1.53. The lowest BCUT2D eigenvalue weighted by molar-refractivity contribution is 0.943. The van der Waals surface area contributed by atoms with Gasteiger partial charge < -0.3 is 0 Å². The van der Waals surface area contributed by atoms with Gasteiger partial charge in [0.1, 0.15) is 0 Å². The second-order valence-electron chi connectivity index (χ2n) is 3.59. The molecule has 1 aliphatic rings. The molecule has 0 aliphatic heterocycles. The summed E-state index contributed by atoms with van der Waals surface area (Å²) in [6.45, 7) is 6.19. The molecule has 84 valence electrons. The standard InChI is InChI=1S/C14H14.C2H6/c1-12-6-5-9-14(11-10-12)13-7-3-2-4-8-13;1-2/h2-12H,1H3;1-2H3. The molecular weight excluding hydrogens is 192 g/mol. The molecule has 0 heterocycles. The van der Waals surface area contributed by atoms with E-state index in [2.05, 4.69) is 61.6 Å². The Kier molecular flexibility index (Phi) is 5.35. The minimum atomic E-state index is 0.535. The highest BCUT2D eigenvalue weighted by Gasteiger charge is 1.99. The van der Waals surface area contributed by atoms with Crippen molar-refractivity contribution in [2.45, 2.75) is 20.8 Å². The Morgan fingerprint density at radius 2 is 1.62 bits per heavy atom. The fourth-order valence-corrected chi connectivity index (χ4v) is 1.53. The monoisotopic (exact) mass is 212 g/mol. The van der Waals surface area contributed by atoms with Crippen molar-refractivity contribution in [3.05, 3.63) is 66.3 Å². The van der Waals surface area contributed by atoms with Crippen molar-refractivity contribution in [1.29, 1.82) is 0 Å². The molecule has 0 bridgehead atoms. The lowest BCUT2D eigenvalue weighted by Gasteiger charge is -2.00. The zero-order valence-corrected chi connectivity index (χ0v) is 10.4. The van der Waals surface area contributed by atoms with Crippen LogP contribution in [0.4, 0.5) is 0 Å². The van der Waals surface area contributed by atoms with Gasteiger partial charge in [0, 0.05) is 0 Å². The lowest BCUT2D eigenvalue weighted by Crippen LogP contribution is -1.80. The van der Waals surface area contributed by atoms with E-state index in [1.807, 2.05) is 19.9 Å². The van der Waals surface area contributed by atoms with Crippen molar-refractivity contribution in [2.75, 3.05) is 0 Å². The summed E-state index contributed by atoms with van der Waals surface area (Å²) in [5, 5.41) is 0. The van der Waals surface area contributed by atoms with E-state index in [0.717, 1.165) is 0 Å². The zero-order valence-electron chi connectivity index (χ0n) is 10.4. The maximum atomic E-state index is 2.22. The van der Waals surface area contributed by atoms with Crippen LogP contribution in [0, 0.1) is 5.92 Å². The van der Waals surface area contributed by atoms with E-state index in [-0.39, 0.29) is 0 Å². The molecule has 0 N–H and O–H groups in total. The molecule has 1 aromatic carbocycles. The van der Waals surface area contributed by atoms with Crippen LogP contribution in [0.1, 0.15) is 26.3 Å². The van der Waals surface area contributed by atoms with Gasteiger partial charge in [-0.15, -0.1) is 0 Å². The molecule has 0 heteroatoms. The van der Waals surface area contributed by atoms with E-state index in [1.165, 1.54) is 11.1 Å². The maximum Gasteiger partial charge on any atom is -0.00754 e. The average molecular weight is 212 g/mol. The van der Waals surface area contributed by atoms with Crippen LogP contribution in [-0.2, 0) is 0 Å². The predicted molar refractivity (Wildman–Crippen MR) is 73.2 cm³/mol. The number of hydrogen-bond donors (Lipinski definition) is 0. The fraction of sp³-hybridized carbons (Fsp3) is 0.250. The van der Waals surface area contributed by atoms with Crippen molar-refractivity contribution in [1.82, 2.24) is 0 Å². The van der Waals surface area contributed by atoms with Crippen LogP contribution < -0.4 is 0 Å². The smallest absolute Gasteiger partial charge is 0.00754 e. The van der Waals surface area contributed by atoms with Crippen LogP contribution in [0.3, 0.4) is 0 Å². The van der Waals surface area contributed by atoms with Gasteiger partial charge in [0.05, 0.1) is 0 Å².